The first-order valence-corrected chi connectivity index (χ1v) is 8.62. The summed E-state index contributed by atoms with van der Waals surface area (Å²) >= 11 is 16.4. The Hall–Kier alpha value is -0.540. The van der Waals surface area contributed by atoms with E-state index in [-0.39, 0.29) is 0 Å². The molecule has 1 saturated heterocycles. The van der Waals surface area contributed by atoms with Gasteiger partial charge >= 0.3 is 0 Å². The van der Waals surface area contributed by atoms with Gasteiger partial charge in [0.05, 0.1) is 0 Å². The highest BCUT2D eigenvalue weighted by molar-refractivity contribution is 9.10. The maximum Gasteiger partial charge on any atom is 0.0455 e. The van der Waals surface area contributed by atoms with Gasteiger partial charge in [-0.1, -0.05) is 57.3 Å². The van der Waals surface area contributed by atoms with Gasteiger partial charge in [0, 0.05) is 27.0 Å². The maximum atomic E-state index is 6.43. The Morgan fingerprint density at radius 1 is 0.952 bits per heavy atom. The third-order valence-electron chi connectivity index (χ3n) is 4.15. The molecule has 110 valence electrons. The molecule has 1 N–H and O–H groups in total. The largest absolute Gasteiger partial charge is 0.316 e. The molecule has 2 aromatic carbocycles. The minimum Gasteiger partial charge on any atom is -0.316 e. The summed E-state index contributed by atoms with van der Waals surface area (Å²) in [5, 5.41) is 5.04. The summed E-state index contributed by atoms with van der Waals surface area (Å²) < 4.78 is 1.10. The van der Waals surface area contributed by atoms with Crippen molar-refractivity contribution in [3.63, 3.8) is 0 Å². The Kier molecular flexibility index (Phi) is 4.90. The van der Waals surface area contributed by atoms with E-state index in [9.17, 15) is 0 Å². The lowest BCUT2D eigenvalue weighted by atomic mass is 9.77. The molecular weight excluding hydrogens is 369 g/mol. The number of nitrogens with one attached hydrogen (secondary N) is 1. The van der Waals surface area contributed by atoms with E-state index in [1.54, 1.807) is 0 Å². The number of halogens is 3. The van der Waals surface area contributed by atoms with E-state index in [2.05, 4.69) is 45.5 Å². The van der Waals surface area contributed by atoms with Crippen LogP contribution in [0.3, 0.4) is 0 Å². The smallest absolute Gasteiger partial charge is 0.0455 e. The van der Waals surface area contributed by atoms with Crippen LogP contribution >= 0.6 is 39.1 Å². The minimum absolute atomic E-state index is 0.355. The maximum absolute atomic E-state index is 6.43. The fraction of sp³-hybridized carbons (Fsp3) is 0.294. The Balaban J connectivity index is 2.00. The molecule has 1 aliphatic rings. The van der Waals surface area contributed by atoms with Gasteiger partial charge in [-0.05, 0) is 54.3 Å². The predicted molar refractivity (Wildman–Crippen MR) is 93.6 cm³/mol. The second kappa shape index (κ2) is 6.70. The molecule has 0 amide bonds. The molecule has 0 spiro atoms. The van der Waals surface area contributed by atoms with Crippen molar-refractivity contribution >= 4 is 39.1 Å². The first-order chi connectivity index (χ1) is 10.2. The van der Waals surface area contributed by atoms with E-state index in [4.69, 9.17) is 23.2 Å². The highest BCUT2D eigenvalue weighted by Crippen LogP contribution is 2.43. The summed E-state index contributed by atoms with van der Waals surface area (Å²) in [5.74, 6) is 0.748. The Morgan fingerprint density at radius 2 is 1.62 bits per heavy atom. The second-order valence-corrected chi connectivity index (χ2v) is 7.12. The van der Waals surface area contributed by atoms with Gasteiger partial charge < -0.3 is 5.32 Å². The monoisotopic (exact) mass is 383 g/mol. The van der Waals surface area contributed by atoms with Gasteiger partial charge in [0.15, 0.2) is 0 Å². The molecule has 4 heteroatoms. The minimum atomic E-state index is 0.355. The van der Waals surface area contributed by atoms with Gasteiger partial charge in [-0.3, -0.25) is 0 Å². The topological polar surface area (TPSA) is 12.0 Å². The van der Waals surface area contributed by atoms with Crippen LogP contribution in [0.2, 0.25) is 10.0 Å². The molecule has 0 saturated carbocycles. The van der Waals surface area contributed by atoms with Crippen LogP contribution in [0.1, 0.15) is 29.4 Å². The third kappa shape index (κ3) is 3.29. The van der Waals surface area contributed by atoms with E-state index < -0.39 is 0 Å². The molecule has 1 aliphatic heterocycles. The van der Waals surface area contributed by atoms with Gasteiger partial charge in [-0.15, -0.1) is 0 Å². The zero-order chi connectivity index (χ0) is 14.8. The van der Waals surface area contributed by atoms with Crippen LogP contribution in [0.25, 0.3) is 0 Å². The number of rotatable bonds is 2. The van der Waals surface area contributed by atoms with Crippen LogP contribution < -0.4 is 5.32 Å². The van der Waals surface area contributed by atoms with Crippen molar-refractivity contribution in [3.8, 4) is 0 Å². The Bertz CT molecular complexity index is 607. The average molecular weight is 385 g/mol. The Morgan fingerprint density at radius 3 is 2.29 bits per heavy atom. The van der Waals surface area contributed by atoms with Crippen molar-refractivity contribution in [3.05, 3.63) is 68.1 Å². The van der Waals surface area contributed by atoms with Crippen molar-refractivity contribution < 1.29 is 0 Å². The molecule has 0 aromatic heterocycles. The van der Waals surface area contributed by atoms with Gasteiger partial charge in [0.1, 0.15) is 0 Å². The normalized spacial score (nSPS) is 22.2. The molecular formula is C17H16BrCl2N. The molecule has 0 radical (unpaired) electrons. The van der Waals surface area contributed by atoms with Crippen LogP contribution in [-0.4, -0.2) is 13.1 Å². The summed E-state index contributed by atoms with van der Waals surface area (Å²) in [5.41, 5.74) is 2.42. The van der Waals surface area contributed by atoms with E-state index in [0.717, 1.165) is 39.6 Å². The number of benzene rings is 2. The molecule has 1 heterocycles. The molecule has 0 aliphatic carbocycles. The van der Waals surface area contributed by atoms with Gasteiger partial charge in [0.25, 0.3) is 0 Å². The number of hydrogen-bond donors (Lipinski definition) is 1. The van der Waals surface area contributed by atoms with Crippen molar-refractivity contribution in [2.45, 2.75) is 18.3 Å². The van der Waals surface area contributed by atoms with Crippen LogP contribution in [0.4, 0.5) is 0 Å². The van der Waals surface area contributed by atoms with Gasteiger partial charge in [0.2, 0.25) is 0 Å². The highest BCUT2D eigenvalue weighted by atomic mass is 79.9. The fourth-order valence-electron chi connectivity index (χ4n) is 3.13. The summed E-state index contributed by atoms with van der Waals surface area (Å²) in [6.07, 6.45) is 1.05. The predicted octanol–water partition coefficient (Wildman–Crippen LogP) is 5.62. The van der Waals surface area contributed by atoms with Gasteiger partial charge in [-0.2, -0.15) is 0 Å². The van der Waals surface area contributed by atoms with Crippen LogP contribution in [0, 0.1) is 0 Å². The van der Waals surface area contributed by atoms with E-state index in [1.165, 1.54) is 5.56 Å². The van der Waals surface area contributed by atoms with Crippen LogP contribution in [0.5, 0.6) is 0 Å². The van der Waals surface area contributed by atoms with Crippen LogP contribution in [0.15, 0.2) is 46.9 Å². The summed E-state index contributed by atoms with van der Waals surface area (Å²) in [7, 11) is 0. The molecule has 2 aromatic rings. The average Bonchev–Trinajstić information content (AvgIpc) is 2.48. The fourth-order valence-corrected chi connectivity index (χ4v) is 4.07. The molecule has 2 atom stereocenters. The second-order valence-electron chi connectivity index (χ2n) is 5.39. The van der Waals surface area contributed by atoms with Gasteiger partial charge in [-0.25, -0.2) is 0 Å². The Labute approximate surface area is 143 Å². The van der Waals surface area contributed by atoms with Crippen molar-refractivity contribution in [1.29, 1.82) is 0 Å². The van der Waals surface area contributed by atoms with Crippen molar-refractivity contribution in [1.82, 2.24) is 5.32 Å². The SMILES string of the molecule is Clc1cccc(Cl)c1C1CCNCC1c1ccc(Br)cc1. The first kappa shape index (κ1) is 15.4. The molecule has 2 unspecified atom stereocenters. The summed E-state index contributed by atoms with van der Waals surface area (Å²) in [6.45, 7) is 1.95. The van der Waals surface area contributed by atoms with E-state index >= 15 is 0 Å². The quantitative estimate of drug-likeness (QED) is 0.708. The number of hydrogen-bond acceptors (Lipinski definition) is 1. The molecule has 3 rings (SSSR count). The molecule has 0 bridgehead atoms. The lowest BCUT2D eigenvalue weighted by Gasteiger charge is -2.34. The zero-order valence-electron chi connectivity index (χ0n) is 11.5. The zero-order valence-corrected chi connectivity index (χ0v) is 14.5. The summed E-state index contributed by atoms with van der Waals surface area (Å²) in [4.78, 5) is 0. The first-order valence-electron chi connectivity index (χ1n) is 7.07. The standard InChI is InChI=1S/C17H16BrCl2N/c18-12-6-4-11(5-7-12)14-10-21-9-8-13(14)17-15(19)2-1-3-16(17)20/h1-7,13-14,21H,8-10H2. The molecule has 21 heavy (non-hydrogen) atoms. The molecule has 1 nitrogen and oxygen atoms in total. The third-order valence-corrected chi connectivity index (χ3v) is 5.34. The summed E-state index contributed by atoms with van der Waals surface area (Å²) in [6, 6.07) is 14.3. The lowest BCUT2D eigenvalue weighted by Crippen LogP contribution is -2.34. The van der Waals surface area contributed by atoms with Crippen molar-refractivity contribution in [2.24, 2.45) is 0 Å². The lowest BCUT2D eigenvalue weighted by molar-refractivity contribution is 0.404. The number of piperidine rings is 1. The highest BCUT2D eigenvalue weighted by Gasteiger charge is 2.30. The van der Waals surface area contributed by atoms with E-state index in [0.29, 0.717) is 11.8 Å². The van der Waals surface area contributed by atoms with E-state index in [1.807, 2.05) is 18.2 Å². The van der Waals surface area contributed by atoms with Crippen LogP contribution in [-0.2, 0) is 0 Å². The molecule has 1 fully saturated rings. The van der Waals surface area contributed by atoms with Crippen molar-refractivity contribution in [2.75, 3.05) is 13.1 Å².